The molecule has 1 saturated heterocycles. The summed E-state index contributed by atoms with van der Waals surface area (Å²) >= 11 is 0. The van der Waals surface area contributed by atoms with Crippen molar-refractivity contribution in [3.05, 3.63) is 60.2 Å². The summed E-state index contributed by atoms with van der Waals surface area (Å²) in [7, 11) is 1.27. The van der Waals surface area contributed by atoms with Crippen LogP contribution in [0.5, 0.6) is 0 Å². The number of hydrogen-bond donors (Lipinski definition) is 1. The van der Waals surface area contributed by atoms with E-state index in [0.29, 0.717) is 13.0 Å². The number of oxime groups is 1. The van der Waals surface area contributed by atoms with Crippen LogP contribution in [-0.2, 0) is 43.0 Å². The Balaban J connectivity index is 1.55. The van der Waals surface area contributed by atoms with Crippen LogP contribution >= 0.6 is 0 Å². The molecule has 0 aromatic heterocycles. The second-order valence-electron chi connectivity index (χ2n) is 12.9. The maximum absolute atomic E-state index is 13.4. The largest absolute Gasteiger partial charge is 0.469 e. The van der Waals surface area contributed by atoms with Gasteiger partial charge in [0, 0.05) is 5.56 Å². The second-order valence-corrected chi connectivity index (χ2v) is 12.9. The van der Waals surface area contributed by atoms with Crippen LogP contribution in [0, 0.1) is 22.7 Å². The van der Waals surface area contributed by atoms with E-state index in [4.69, 9.17) is 23.8 Å². The summed E-state index contributed by atoms with van der Waals surface area (Å²) in [5, 5.41) is 17.3. The number of rotatable bonds is 16. The Kier molecular flexibility index (Phi) is 11.7. The maximum Gasteiger partial charge on any atom is 0.340 e. The smallest absolute Gasteiger partial charge is 0.340 e. The Morgan fingerprint density at radius 1 is 0.936 bits per heavy atom. The summed E-state index contributed by atoms with van der Waals surface area (Å²) in [6.45, 7) is 6.32. The number of hydrogen-bond acceptors (Lipinski definition) is 11. The molecule has 252 valence electrons. The number of aliphatic hydroxyl groups excluding tert-OH is 1. The number of aliphatic hydroxyl groups is 1. The van der Waals surface area contributed by atoms with E-state index in [1.807, 2.05) is 48.5 Å². The van der Waals surface area contributed by atoms with E-state index in [0.717, 1.165) is 27.1 Å². The van der Waals surface area contributed by atoms with Crippen molar-refractivity contribution < 1.29 is 48.1 Å². The van der Waals surface area contributed by atoms with Gasteiger partial charge < -0.3 is 28.9 Å². The van der Waals surface area contributed by atoms with Gasteiger partial charge in [-0.05, 0) is 74.1 Å². The van der Waals surface area contributed by atoms with Crippen LogP contribution in [-0.4, -0.2) is 68.4 Å². The Bertz CT molecular complexity index is 1570. The minimum Gasteiger partial charge on any atom is -0.469 e. The molecule has 4 rings (SSSR count). The standard InChI is InChI=1S/C36H43NO10/c1-6-36(4,34(42)43-5)18-26(31(39)45-21-27-20-44-27)16-25(32(40)46-22-38)17-35(2,3)33(41)47-37-19-30-28-13-9-7-11-23(28)15-24-12-8-10-14-29(24)30/h7-15,19,25-27,38H,6,16-18,20-22H2,1-5H3. The number of epoxide rings is 1. The minimum atomic E-state index is -1.27. The average Bonchev–Trinajstić information content (AvgIpc) is 3.90. The third kappa shape index (κ3) is 8.93. The number of carbonyl (C=O) groups excluding carboxylic acids is 4. The van der Waals surface area contributed by atoms with Crippen LogP contribution in [0.25, 0.3) is 21.5 Å². The van der Waals surface area contributed by atoms with Crippen LogP contribution in [0.15, 0.2) is 59.8 Å². The number of carbonyl (C=O) groups is 4. The van der Waals surface area contributed by atoms with Crippen molar-refractivity contribution >= 4 is 51.6 Å². The molecular formula is C36H43NO10. The topological polar surface area (TPSA) is 150 Å². The molecule has 11 nitrogen and oxygen atoms in total. The van der Waals surface area contributed by atoms with Gasteiger partial charge in [0.2, 0.25) is 0 Å². The van der Waals surface area contributed by atoms with Gasteiger partial charge in [0.25, 0.3) is 0 Å². The van der Waals surface area contributed by atoms with E-state index in [-0.39, 0.29) is 32.0 Å². The first kappa shape index (κ1) is 35.5. The fourth-order valence-electron chi connectivity index (χ4n) is 5.81. The minimum absolute atomic E-state index is 0.0254. The lowest BCUT2D eigenvalue weighted by Crippen LogP contribution is -2.37. The van der Waals surface area contributed by atoms with Gasteiger partial charge in [-0.2, -0.15) is 0 Å². The lowest BCUT2D eigenvalue weighted by molar-refractivity contribution is -0.163. The first-order valence-corrected chi connectivity index (χ1v) is 15.7. The average molecular weight is 650 g/mol. The highest BCUT2D eigenvalue weighted by Gasteiger charge is 2.43. The zero-order chi connectivity index (χ0) is 34.2. The van der Waals surface area contributed by atoms with Crippen molar-refractivity contribution in [3.63, 3.8) is 0 Å². The molecule has 0 saturated carbocycles. The number of esters is 3. The number of ether oxygens (including phenoxy) is 4. The van der Waals surface area contributed by atoms with Crippen molar-refractivity contribution in [2.45, 2.75) is 59.5 Å². The molecule has 1 heterocycles. The van der Waals surface area contributed by atoms with Crippen molar-refractivity contribution in [3.8, 4) is 0 Å². The predicted molar refractivity (Wildman–Crippen MR) is 174 cm³/mol. The number of nitrogens with zero attached hydrogens (tertiary/aromatic N) is 1. The number of fused-ring (bicyclic) bond motifs is 2. The summed E-state index contributed by atoms with van der Waals surface area (Å²) in [4.78, 5) is 57.9. The number of methoxy groups -OCH3 is 1. The molecule has 1 fully saturated rings. The summed E-state index contributed by atoms with van der Waals surface area (Å²) in [5.74, 6) is -4.60. The fourth-order valence-corrected chi connectivity index (χ4v) is 5.81. The van der Waals surface area contributed by atoms with Gasteiger partial charge in [0.05, 0.1) is 42.6 Å². The Morgan fingerprint density at radius 3 is 2.06 bits per heavy atom. The molecule has 47 heavy (non-hydrogen) atoms. The van der Waals surface area contributed by atoms with Gasteiger partial charge in [-0.3, -0.25) is 14.4 Å². The summed E-state index contributed by atoms with van der Waals surface area (Å²) < 4.78 is 20.6. The van der Waals surface area contributed by atoms with E-state index in [1.54, 1.807) is 27.7 Å². The molecule has 0 bridgehead atoms. The summed E-state index contributed by atoms with van der Waals surface area (Å²) in [6.07, 6.45) is 1.49. The fraction of sp³-hybridized carbons (Fsp3) is 0.472. The van der Waals surface area contributed by atoms with Crippen LogP contribution in [0.1, 0.15) is 58.9 Å². The highest BCUT2D eigenvalue weighted by atomic mass is 16.7. The normalized spacial score (nSPS) is 17.1. The van der Waals surface area contributed by atoms with Gasteiger partial charge in [-0.15, -0.1) is 0 Å². The SMILES string of the molecule is CCC(C)(CC(CC(CC(C)(C)C(=O)ON=Cc1c2ccccc2cc2ccccc12)C(=O)OCO)C(=O)OCC1CO1)C(=O)OC. The molecule has 4 atom stereocenters. The van der Waals surface area contributed by atoms with E-state index in [1.165, 1.54) is 13.3 Å². The van der Waals surface area contributed by atoms with Crippen molar-refractivity contribution in [1.29, 1.82) is 0 Å². The zero-order valence-corrected chi connectivity index (χ0v) is 27.5. The molecule has 11 heteroatoms. The highest BCUT2D eigenvalue weighted by Crippen LogP contribution is 2.38. The molecule has 0 spiro atoms. The molecule has 3 aromatic carbocycles. The third-order valence-electron chi connectivity index (χ3n) is 8.85. The van der Waals surface area contributed by atoms with Crippen LogP contribution in [0.4, 0.5) is 0 Å². The van der Waals surface area contributed by atoms with Gasteiger partial charge in [-0.25, -0.2) is 4.79 Å². The molecule has 0 aliphatic carbocycles. The van der Waals surface area contributed by atoms with Crippen molar-refractivity contribution in [2.24, 2.45) is 27.8 Å². The Hall–Kier alpha value is -4.35. The first-order chi connectivity index (χ1) is 22.4. The Morgan fingerprint density at radius 2 is 1.51 bits per heavy atom. The first-order valence-electron chi connectivity index (χ1n) is 15.7. The molecule has 0 amide bonds. The highest BCUT2D eigenvalue weighted by molar-refractivity contribution is 6.13. The zero-order valence-electron chi connectivity index (χ0n) is 27.5. The summed E-state index contributed by atoms with van der Waals surface area (Å²) in [5.41, 5.74) is -1.53. The lowest BCUT2D eigenvalue weighted by atomic mass is 9.73. The summed E-state index contributed by atoms with van der Waals surface area (Å²) in [6, 6.07) is 17.8. The van der Waals surface area contributed by atoms with E-state index < -0.39 is 53.3 Å². The molecule has 1 aliphatic rings. The quantitative estimate of drug-likeness (QED) is 0.0316. The van der Waals surface area contributed by atoms with E-state index >= 15 is 0 Å². The van der Waals surface area contributed by atoms with Gasteiger partial charge in [-0.1, -0.05) is 60.6 Å². The lowest BCUT2D eigenvalue weighted by Gasteiger charge is -2.32. The van der Waals surface area contributed by atoms with Gasteiger partial charge in [0.1, 0.15) is 12.7 Å². The molecule has 1 N–H and O–H groups in total. The van der Waals surface area contributed by atoms with Gasteiger partial charge >= 0.3 is 23.9 Å². The predicted octanol–water partition coefficient (Wildman–Crippen LogP) is 5.32. The van der Waals surface area contributed by atoms with E-state index in [2.05, 4.69) is 11.2 Å². The van der Waals surface area contributed by atoms with Crippen molar-refractivity contribution in [2.75, 3.05) is 27.1 Å². The maximum atomic E-state index is 13.4. The molecule has 1 aliphatic heterocycles. The van der Waals surface area contributed by atoms with Crippen molar-refractivity contribution in [1.82, 2.24) is 0 Å². The monoisotopic (exact) mass is 649 g/mol. The Labute approximate surface area is 274 Å². The van der Waals surface area contributed by atoms with E-state index in [9.17, 15) is 24.3 Å². The number of benzene rings is 3. The molecular weight excluding hydrogens is 606 g/mol. The second kappa shape index (κ2) is 15.5. The third-order valence-corrected chi connectivity index (χ3v) is 8.85. The van der Waals surface area contributed by atoms with Gasteiger partial charge in [0.15, 0.2) is 6.79 Å². The molecule has 0 radical (unpaired) electrons. The molecule has 4 unspecified atom stereocenters. The molecule has 3 aromatic rings. The van der Waals surface area contributed by atoms with Crippen LogP contribution < -0.4 is 0 Å². The van der Waals surface area contributed by atoms with Crippen LogP contribution in [0.3, 0.4) is 0 Å². The van der Waals surface area contributed by atoms with Crippen LogP contribution in [0.2, 0.25) is 0 Å².